The predicted octanol–water partition coefficient (Wildman–Crippen LogP) is 0.929. The number of aliphatic hydroxyl groups is 1. The molecule has 1 aliphatic rings. The number of hydrogen-bond acceptors (Lipinski definition) is 4. The van der Waals surface area contributed by atoms with E-state index in [1.807, 2.05) is 13.8 Å². The highest BCUT2D eigenvalue weighted by molar-refractivity contribution is 4.81. The van der Waals surface area contributed by atoms with Gasteiger partial charge in [-0.15, -0.1) is 0 Å². The van der Waals surface area contributed by atoms with Gasteiger partial charge in [-0.25, -0.2) is 0 Å². The lowest BCUT2D eigenvalue weighted by atomic mass is 10.2. The van der Waals surface area contributed by atoms with Gasteiger partial charge in [0.05, 0.1) is 24.9 Å². The monoisotopic (exact) mass is 231 g/mol. The third kappa shape index (κ3) is 5.25. The number of rotatable bonds is 7. The van der Waals surface area contributed by atoms with Crippen LogP contribution in [0, 0.1) is 0 Å². The Bertz CT molecular complexity index is 187. The molecule has 0 bridgehead atoms. The van der Waals surface area contributed by atoms with Gasteiger partial charge in [0.1, 0.15) is 0 Å². The Labute approximate surface area is 98.3 Å². The van der Waals surface area contributed by atoms with E-state index in [1.165, 1.54) is 0 Å². The van der Waals surface area contributed by atoms with Gasteiger partial charge in [0, 0.05) is 19.7 Å². The molecular weight excluding hydrogens is 206 g/mol. The van der Waals surface area contributed by atoms with E-state index in [9.17, 15) is 5.11 Å². The number of aliphatic hydroxyl groups excluding tert-OH is 1. The average molecular weight is 231 g/mol. The Morgan fingerprint density at radius 3 is 2.69 bits per heavy atom. The lowest BCUT2D eigenvalue weighted by Gasteiger charge is -2.17. The zero-order valence-electron chi connectivity index (χ0n) is 10.6. The second-order valence-corrected chi connectivity index (χ2v) is 4.81. The van der Waals surface area contributed by atoms with E-state index in [0.29, 0.717) is 25.3 Å². The van der Waals surface area contributed by atoms with Crippen LogP contribution in [-0.2, 0) is 9.47 Å². The number of methoxy groups -OCH3 is 1. The third-order valence-electron chi connectivity index (χ3n) is 2.98. The second kappa shape index (κ2) is 7.22. The smallest absolute Gasteiger partial charge is 0.0897 e. The first-order chi connectivity index (χ1) is 7.61. The molecule has 3 unspecified atom stereocenters. The molecule has 0 aromatic heterocycles. The maximum absolute atomic E-state index is 9.66. The topological polar surface area (TPSA) is 50.7 Å². The molecule has 0 amide bonds. The lowest BCUT2D eigenvalue weighted by molar-refractivity contribution is 0.00530. The molecule has 1 rings (SSSR count). The Kier molecular flexibility index (Phi) is 6.28. The van der Waals surface area contributed by atoms with Crippen LogP contribution in [0.1, 0.15) is 33.1 Å². The molecule has 1 fully saturated rings. The third-order valence-corrected chi connectivity index (χ3v) is 2.98. The van der Waals surface area contributed by atoms with Crippen LogP contribution in [0.2, 0.25) is 0 Å². The molecule has 0 radical (unpaired) electrons. The van der Waals surface area contributed by atoms with Crippen LogP contribution in [0.5, 0.6) is 0 Å². The molecule has 3 atom stereocenters. The quantitative estimate of drug-likeness (QED) is 0.684. The van der Waals surface area contributed by atoms with Crippen molar-refractivity contribution in [3.63, 3.8) is 0 Å². The van der Waals surface area contributed by atoms with Gasteiger partial charge >= 0.3 is 0 Å². The van der Waals surface area contributed by atoms with Crippen molar-refractivity contribution in [1.29, 1.82) is 0 Å². The summed E-state index contributed by atoms with van der Waals surface area (Å²) < 4.78 is 10.6. The molecule has 1 saturated carbocycles. The minimum atomic E-state index is -0.413. The van der Waals surface area contributed by atoms with Crippen molar-refractivity contribution in [2.75, 3.05) is 20.3 Å². The summed E-state index contributed by atoms with van der Waals surface area (Å²) in [5, 5.41) is 13.0. The van der Waals surface area contributed by atoms with Crippen LogP contribution in [0.3, 0.4) is 0 Å². The van der Waals surface area contributed by atoms with Crippen molar-refractivity contribution in [3.8, 4) is 0 Å². The van der Waals surface area contributed by atoms with Crippen LogP contribution in [0.4, 0.5) is 0 Å². The fraction of sp³-hybridized carbons (Fsp3) is 1.00. The molecule has 0 aromatic rings. The zero-order chi connectivity index (χ0) is 12.0. The molecule has 96 valence electrons. The van der Waals surface area contributed by atoms with Gasteiger partial charge in [0.15, 0.2) is 0 Å². The van der Waals surface area contributed by atoms with Crippen LogP contribution in [0.25, 0.3) is 0 Å². The molecule has 0 aromatic carbocycles. The summed E-state index contributed by atoms with van der Waals surface area (Å²) >= 11 is 0. The molecule has 0 heterocycles. The highest BCUT2D eigenvalue weighted by Gasteiger charge is 2.24. The minimum Gasteiger partial charge on any atom is -0.389 e. The first-order valence-corrected chi connectivity index (χ1v) is 6.17. The summed E-state index contributed by atoms with van der Waals surface area (Å²) in [5.74, 6) is 0. The largest absolute Gasteiger partial charge is 0.389 e. The van der Waals surface area contributed by atoms with E-state index in [2.05, 4.69) is 5.32 Å². The fourth-order valence-electron chi connectivity index (χ4n) is 2.00. The van der Waals surface area contributed by atoms with Crippen molar-refractivity contribution >= 4 is 0 Å². The average Bonchev–Trinajstić information content (AvgIpc) is 2.71. The molecule has 0 aliphatic heterocycles. The number of hydrogen-bond donors (Lipinski definition) is 2. The summed E-state index contributed by atoms with van der Waals surface area (Å²) in [6, 6.07) is 0.485. The van der Waals surface area contributed by atoms with Crippen molar-refractivity contribution in [1.82, 2.24) is 5.32 Å². The van der Waals surface area contributed by atoms with Crippen molar-refractivity contribution < 1.29 is 14.6 Å². The van der Waals surface area contributed by atoms with Crippen LogP contribution >= 0.6 is 0 Å². The van der Waals surface area contributed by atoms with Gasteiger partial charge in [-0.05, 0) is 33.1 Å². The minimum absolute atomic E-state index is 0.180. The maximum atomic E-state index is 9.66. The molecular formula is C12H25NO3. The summed E-state index contributed by atoms with van der Waals surface area (Å²) in [4.78, 5) is 0. The van der Waals surface area contributed by atoms with Crippen molar-refractivity contribution in [2.24, 2.45) is 0 Å². The molecule has 4 heteroatoms. The van der Waals surface area contributed by atoms with E-state index in [1.54, 1.807) is 7.11 Å². The number of ether oxygens (including phenoxy) is 2. The van der Waals surface area contributed by atoms with Gasteiger partial charge in [-0.2, -0.15) is 0 Å². The molecule has 16 heavy (non-hydrogen) atoms. The Morgan fingerprint density at radius 2 is 2.12 bits per heavy atom. The van der Waals surface area contributed by atoms with E-state index >= 15 is 0 Å². The molecule has 4 nitrogen and oxygen atoms in total. The lowest BCUT2D eigenvalue weighted by Crippen LogP contribution is -2.37. The number of nitrogens with one attached hydrogen (secondary N) is 1. The maximum Gasteiger partial charge on any atom is 0.0897 e. The molecule has 2 N–H and O–H groups in total. The van der Waals surface area contributed by atoms with E-state index in [4.69, 9.17) is 9.47 Å². The van der Waals surface area contributed by atoms with E-state index < -0.39 is 6.10 Å². The highest BCUT2D eigenvalue weighted by Crippen LogP contribution is 2.21. The summed E-state index contributed by atoms with van der Waals surface area (Å²) in [7, 11) is 1.76. The van der Waals surface area contributed by atoms with Gasteiger partial charge in [-0.3, -0.25) is 0 Å². The van der Waals surface area contributed by atoms with Gasteiger partial charge in [0.25, 0.3) is 0 Å². The standard InChI is InChI=1S/C12H25NO3/c1-9(2)16-8-11(14)7-13-10-4-5-12(6-10)15-3/h9-14H,4-8H2,1-3H3. The first kappa shape index (κ1) is 13.9. The van der Waals surface area contributed by atoms with E-state index in [0.717, 1.165) is 19.3 Å². The van der Waals surface area contributed by atoms with E-state index in [-0.39, 0.29) is 6.10 Å². The van der Waals surface area contributed by atoms with Crippen molar-refractivity contribution in [3.05, 3.63) is 0 Å². The Morgan fingerprint density at radius 1 is 1.38 bits per heavy atom. The van der Waals surface area contributed by atoms with Gasteiger partial charge in [-0.1, -0.05) is 0 Å². The first-order valence-electron chi connectivity index (χ1n) is 6.17. The van der Waals surface area contributed by atoms with Crippen LogP contribution in [-0.4, -0.2) is 49.7 Å². The molecule has 1 aliphatic carbocycles. The normalized spacial score (nSPS) is 27.6. The van der Waals surface area contributed by atoms with Gasteiger partial charge in [0.2, 0.25) is 0 Å². The Balaban J connectivity index is 2.06. The Hall–Kier alpha value is -0.160. The van der Waals surface area contributed by atoms with Crippen LogP contribution in [0.15, 0.2) is 0 Å². The predicted molar refractivity (Wildman–Crippen MR) is 63.5 cm³/mol. The summed E-state index contributed by atoms with van der Waals surface area (Å²) in [6.07, 6.45) is 3.46. The van der Waals surface area contributed by atoms with Crippen LogP contribution < -0.4 is 5.32 Å². The van der Waals surface area contributed by atoms with Crippen molar-refractivity contribution in [2.45, 2.75) is 57.5 Å². The highest BCUT2D eigenvalue weighted by atomic mass is 16.5. The SMILES string of the molecule is COC1CCC(NCC(O)COC(C)C)C1. The fourth-order valence-corrected chi connectivity index (χ4v) is 2.00. The van der Waals surface area contributed by atoms with Gasteiger partial charge < -0.3 is 19.9 Å². The second-order valence-electron chi connectivity index (χ2n) is 4.81. The zero-order valence-corrected chi connectivity index (χ0v) is 10.6. The summed E-state index contributed by atoms with van der Waals surface area (Å²) in [5.41, 5.74) is 0. The molecule has 0 saturated heterocycles. The molecule has 0 spiro atoms. The summed E-state index contributed by atoms with van der Waals surface area (Å²) in [6.45, 7) is 4.96.